The van der Waals surface area contributed by atoms with Crippen LogP contribution in [0.4, 0.5) is 0 Å². The van der Waals surface area contributed by atoms with Gasteiger partial charge in [0.1, 0.15) is 0 Å². The van der Waals surface area contributed by atoms with Gasteiger partial charge in [0, 0.05) is 11.8 Å². The lowest BCUT2D eigenvalue weighted by atomic mass is 9.85. The second-order valence-corrected chi connectivity index (χ2v) is 4.31. The molecular formula is C13H19Cl. The number of benzene rings is 1. The predicted octanol–water partition coefficient (Wildman–Crippen LogP) is 4.36. The molecular weight excluding hydrogens is 192 g/mol. The van der Waals surface area contributed by atoms with Crippen molar-refractivity contribution in [1.29, 1.82) is 0 Å². The first-order chi connectivity index (χ1) is 6.70. The summed E-state index contributed by atoms with van der Waals surface area (Å²) in [6.07, 6.45) is 1.19. The first-order valence-corrected chi connectivity index (χ1v) is 5.85. The fourth-order valence-electron chi connectivity index (χ4n) is 1.83. The lowest BCUT2D eigenvalue weighted by Crippen LogP contribution is -2.11. The van der Waals surface area contributed by atoms with Crippen LogP contribution in [-0.4, -0.2) is 5.88 Å². The van der Waals surface area contributed by atoms with Crippen molar-refractivity contribution in [3.05, 3.63) is 35.4 Å². The molecule has 0 radical (unpaired) electrons. The van der Waals surface area contributed by atoms with Crippen molar-refractivity contribution in [3.63, 3.8) is 0 Å². The van der Waals surface area contributed by atoms with E-state index in [2.05, 4.69) is 45.0 Å². The van der Waals surface area contributed by atoms with Crippen molar-refractivity contribution in [2.75, 3.05) is 5.88 Å². The van der Waals surface area contributed by atoms with Crippen LogP contribution in [0.25, 0.3) is 0 Å². The van der Waals surface area contributed by atoms with Crippen LogP contribution in [0, 0.1) is 12.8 Å². The molecule has 0 heterocycles. The summed E-state index contributed by atoms with van der Waals surface area (Å²) in [6, 6.07) is 8.55. The van der Waals surface area contributed by atoms with E-state index in [1.54, 1.807) is 0 Å². The third kappa shape index (κ3) is 2.51. The zero-order valence-corrected chi connectivity index (χ0v) is 10.0. The standard InChI is InChI=1S/C13H19Cl/c1-4-10(2)13(9-14)12-8-6-5-7-11(12)3/h5-8,10,13H,4,9H2,1-3H3. The van der Waals surface area contributed by atoms with E-state index in [4.69, 9.17) is 11.6 Å². The van der Waals surface area contributed by atoms with E-state index in [1.807, 2.05) is 0 Å². The highest BCUT2D eigenvalue weighted by Crippen LogP contribution is 2.30. The fraction of sp³-hybridized carbons (Fsp3) is 0.538. The summed E-state index contributed by atoms with van der Waals surface area (Å²) in [6.45, 7) is 6.67. The average molecular weight is 211 g/mol. The van der Waals surface area contributed by atoms with E-state index in [0.717, 1.165) is 5.88 Å². The normalized spacial score (nSPS) is 15.1. The van der Waals surface area contributed by atoms with E-state index >= 15 is 0 Å². The molecule has 0 bridgehead atoms. The summed E-state index contributed by atoms with van der Waals surface area (Å²) in [5.74, 6) is 1.89. The van der Waals surface area contributed by atoms with Gasteiger partial charge in [-0.15, -0.1) is 11.6 Å². The highest BCUT2D eigenvalue weighted by Gasteiger charge is 2.17. The molecule has 0 fully saturated rings. The average Bonchev–Trinajstić information content (AvgIpc) is 2.21. The first-order valence-electron chi connectivity index (χ1n) is 5.32. The molecule has 0 aliphatic heterocycles. The van der Waals surface area contributed by atoms with Crippen molar-refractivity contribution in [2.45, 2.75) is 33.1 Å². The molecule has 1 heteroatoms. The second-order valence-electron chi connectivity index (χ2n) is 4.00. The maximum atomic E-state index is 6.05. The van der Waals surface area contributed by atoms with E-state index in [-0.39, 0.29) is 0 Å². The van der Waals surface area contributed by atoms with Crippen LogP contribution in [0.15, 0.2) is 24.3 Å². The molecule has 0 saturated carbocycles. The third-order valence-electron chi connectivity index (χ3n) is 3.09. The van der Waals surface area contributed by atoms with Crippen molar-refractivity contribution < 1.29 is 0 Å². The summed E-state index contributed by atoms with van der Waals surface area (Å²) < 4.78 is 0. The molecule has 14 heavy (non-hydrogen) atoms. The van der Waals surface area contributed by atoms with Gasteiger partial charge in [0.25, 0.3) is 0 Å². The molecule has 0 amide bonds. The number of alkyl halides is 1. The smallest absolute Gasteiger partial charge is 0.0294 e. The van der Waals surface area contributed by atoms with Crippen molar-refractivity contribution >= 4 is 11.6 Å². The Morgan fingerprint density at radius 2 is 1.93 bits per heavy atom. The second kappa shape index (κ2) is 5.41. The van der Waals surface area contributed by atoms with Gasteiger partial charge in [-0.25, -0.2) is 0 Å². The summed E-state index contributed by atoms with van der Waals surface area (Å²) in [5.41, 5.74) is 2.77. The van der Waals surface area contributed by atoms with Crippen molar-refractivity contribution in [2.24, 2.45) is 5.92 Å². The Morgan fingerprint density at radius 3 is 2.43 bits per heavy atom. The molecule has 2 atom stereocenters. The molecule has 1 rings (SSSR count). The topological polar surface area (TPSA) is 0 Å². The summed E-state index contributed by atoms with van der Waals surface area (Å²) in [5, 5.41) is 0. The number of halogens is 1. The van der Waals surface area contributed by atoms with Gasteiger partial charge >= 0.3 is 0 Å². The molecule has 0 nitrogen and oxygen atoms in total. The minimum Gasteiger partial charge on any atom is -0.126 e. The molecule has 1 aromatic carbocycles. The molecule has 0 N–H and O–H groups in total. The van der Waals surface area contributed by atoms with Crippen LogP contribution in [0.2, 0.25) is 0 Å². The highest BCUT2D eigenvalue weighted by atomic mass is 35.5. The third-order valence-corrected chi connectivity index (χ3v) is 3.42. The van der Waals surface area contributed by atoms with Gasteiger partial charge in [0.15, 0.2) is 0 Å². The monoisotopic (exact) mass is 210 g/mol. The minimum atomic E-state index is 0.503. The van der Waals surface area contributed by atoms with Crippen molar-refractivity contribution in [1.82, 2.24) is 0 Å². The van der Waals surface area contributed by atoms with Gasteiger partial charge < -0.3 is 0 Å². The van der Waals surface area contributed by atoms with Gasteiger partial charge in [0.2, 0.25) is 0 Å². The Kier molecular flexibility index (Phi) is 4.47. The van der Waals surface area contributed by atoms with E-state index in [1.165, 1.54) is 17.5 Å². The minimum absolute atomic E-state index is 0.503. The molecule has 0 aromatic heterocycles. The maximum absolute atomic E-state index is 6.05. The molecule has 0 spiro atoms. The molecule has 78 valence electrons. The zero-order valence-electron chi connectivity index (χ0n) is 9.26. The van der Waals surface area contributed by atoms with Crippen LogP contribution in [0.1, 0.15) is 37.3 Å². The van der Waals surface area contributed by atoms with Gasteiger partial charge in [0.05, 0.1) is 0 Å². The van der Waals surface area contributed by atoms with Crippen molar-refractivity contribution in [3.8, 4) is 0 Å². The van der Waals surface area contributed by atoms with Gasteiger partial charge in [-0.1, -0.05) is 44.5 Å². The predicted molar refractivity (Wildman–Crippen MR) is 64.1 cm³/mol. The Morgan fingerprint density at radius 1 is 1.29 bits per heavy atom. The number of hydrogen-bond acceptors (Lipinski definition) is 0. The largest absolute Gasteiger partial charge is 0.126 e. The summed E-state index contributed by atoms with van der Waals surface area (Å²) in [7, 11) is 0. The molecule has 0 saturated heterocycles. The highest BCUT2D eigenvalue weighted by molar-refractivity contribution is 6.18. The lowest BCUT2D eigenvalue weighted by Gasteiger charge is -2.22. The van der Waals surface area contributed by atoms with E-state index < -0.39 is 0 Å². The fourth-order valence-corrected chi connectivity index (χ4v) is 2.30. The Balaban J connectivity index is 2.94. The molecule has 2 unspecified atom stereocenters. The van der Waals surface area contributed by atoms with Crippen LogP contribution in [-0.2, 0) is 0 Å². The Labute approximate surface area is 92.3 Å². The summed E-state index contributed by atoms with van der Waals surface area (Å²) >= 11 is 6.05. The quantitative estimate of drug-likeness (QED) is 0.648. The molecule has 0 aliphatic carbocycles. The SMILES string of the molecule is CCC(C)C(CCl)c1ccccc1C. The first kappa shape index (κ1) is 11.6. The number of aryl methyl sites for hydroxylation is 1. The van der Waals surface area contributed by atoms with Gasteiger partial charge in [-0.2, -0.15) is 0 Å². The number of hydrogen-bond donors (Lipinski definition) is 0. The van der Waals surface area contributed by atoms with Gasteiger partial charge in [-0.3, -0.25) is 0 Å². The molecule has 0 aliphatic rings. The van der Waals surface area contributed by atoms with Crippen LogP contribution >= 0.6 is 11.6 Å². The van der Waals surface area contributed by atoms with E-state index in [9.17, 15) is 0 Å². The lowest BCUT2D eigenvalue weighted by molar-refractivity contribution is 0.475. The van der Waals surface area contributed by atoms with E-state index in [0.29, 0.717) is 11.8 Å². The Hall–Kier alpha value is -0.490. The maximum Gasteiger partial charge on any atom is 0.0294 e. The number of rotatable bonds is 4. The van der Waals surface area contributed by atoms with Crippen LogP contribution in [0.3, 0.4) is 0 Å². The zero-order chi connectivity index (χ0) is 10.6. The van der Waals surface area contributed by atoms with Crippen LogP contribution < -0.4 is 0 Å². The van der Waals surface area contributed by atoms with Crippen LogP contribution in [0.5, 0.6) is 0 Å². The van der Waals surface area contributed by atoms with Gasteiger partial charge in [-0.05, 0) is 24.0 Å². The Bertz CT molecular complexity index is 280. The summed E-state index contributed by atoms with van der Waals surface area (Å²) in [4.78, 5) is 0. The molecule has 1 aromatic rings.